The number of nitrogens with two attached hydrogens (primary N) is 1. The Bertz CT molecular complexity index is 825. The number of hydrogen-bond donors (Lipinski definition) is 3. The molecule has 2 heterocycles. The summed E-state index contributed by atoms with van der Waals surface area (Å²) in [6.07, 6.45) is 4.11. The average Bonchev–Trinajstić information content (AvgIpc) is 3.02. The summed E-state index contributed by atoms with van der Waals surface area (Å²) >= 11 is 0. The summed E-state index contributed by atoms with van der Waals surface area (Å²) in [5.41, 5.74) is 11.1. The number of aromatic nitrogens is 1. The maximum atomic E-state index is 12.5. The summed E-state index contributed by atoms with van der Waals surface area (Å²) in [4.78, 5) is 20.2. The zero-order valence-corrected chi connectivity index (χ0v) is 15.9. The molecule has 1 aromatic heterocycles. The van der Waals surface area contributed by atoms with Gasteiger partial charge in [0.2, 0.25) is 0 Å². The molecule has 6 nitrogen and oxygen atoms in total. The molecule has 0 radical (unpaired) electrons. The molecular weight excluding hydrogens is 326 g/mol. The van der Waals surface area contributed by atoms with E-state index < -0.39 is 0 Å². The number of likely N-dealkylation sites (N-methyl/N-ethyl adjacent to an activating group) is 1. The number of carbonyl (C=O) groups excluding carboxylic acids is 1. The molecule has 4 rings (SSSR count). The van der Waals surface area contributed by atoms with Gasteiger partial charge in [-0.05, 0) is 57.0 Å². The molecule has 1 aliphatic heterocycles. The highest BCUT2D eigenvalue weighted by molar-refractivity contribution is 5.92. The number of anilines is 1. The fourth-order valence-corrected chi connectivity index (χ4v) is 4.94. The molecule has 0 bridgehead atoms. The van der Waals surface area contributed by atoms with E-state index in [0.29, 0.717) is 12.0 Å². The van der Waals surface area contributed by atoms with Crippen molar-refractivity contribution in [1.82, 2.24) is 20.1 Å². The third kappa shape index (κ3) is 2.63. The summed E-state index contributed by atoms with van der Waals surface area (Å²) in [5.74, 6) is 0.350. The highest BCUT2D eigenvalue weighted by Crippen LogP contribution is 2.45. The molecule has 26 heavy (non-hydrogen) atoms. The number of carbonyl (C=O) groups is 1. The van der Waals surface area contributed by atoms with Crippen LogP contribution in [0.25, 0.3) is 10.9 Å². The van der Waals surface area contributed by atoms with Gasteiger partial charge in [0.25, 0.3) is 0 Å². The smallest absolute Gasteiger partial charge is 0.317 e. The Morgan fingerprint density at radius 3 is 2.88 bits per heavy atom. The van der Waals surface area contributed by atoms with Crippen LogP contribution in [0.3, 0.4) is 0 Å². The molecule has 2 aromatic rings. The van der Waals surface area contributed by atoms with Gasteiger partial charge in [0, 0.05) is 60.4 Å². The monoisotopic (exact) mass is 355 g/mol. The number of fused-ring (bicyclic) bond motifs is 2. The quantitative estimate of drug-likeness (QED) is 0.741. The van der Waals surface area contributed by atoms with Crippen LogP contribution in [-0.4, -0.2) is 59.6 Å². The number of nitrogen functional groups attached to an aromatic ring is 1. The van der Waals surface area contributed by atoms with Crippen LogP contribution in [0.15, 0.2) is 18.3 Å². The van der Waals surface area contributed by atoms with Crippen molar-refractivity contribution in [2.24, 2.45) is 0 Å². The number of aromatic amines is 1. The minimum Gasteiger partial charge on any atom is -0.398 e. The van der Waals surface area contributed by atoms with Crippen molar-refractivity contribution < 1.29 is 4.79 Å². The Morgan fingerprint density at radius 2 is 2.15 bits per heavy atom. The van der Waals surface area contributed by atoms with Gasteiger partial charge < -0.3 is 25.8 Å². The molecule has 0 spiro atoms. The van der Waals surface area contributed by atoms with Crippen molar-refractivity contribution >= 4 is 22.6 Å². The largest absolute Gasteiger partial charge is 0.398 e. The summed E-state index contributed by atoms with van der Waals surface area (Å²) in [7, 11) is 2.17. The zero-order chi connectivity index (χ0) is 18.4. The summed E-state index contributed by atoms with van der Waals surface area (Å²) in [5, 5.41) is 4.55. The van der Waals surface area contributed by atoms with E-state index in [-0.39, 0.29) is 12.1 Å². The van der Waals surface area contributed by atoms with Crippen molar-refractivity contribution in [2.45, 2.75) is 44.7 Å². The first-order valence-corrected chi connectivity index (χ1v) is 9.67. The van der Waals surface area contributed by atoms with Gasteiger partial charge in [-0.25, -0.2) is 4.79 Å². The van der Waals surface area contributed by atoms with Crippen molar-refractivity contribution in [2.75, 3.05) is 32.4 Å². The lowest BCUT2D eigenvalue weighted by Crippen LogP contribution is -2.56. The number of amides is 2. The molecule has 0 unspecified atom stereocenters. The minimum atomic E-state index is 0.0381. The lowest BCUT2D eigenvalue weighted by molar-refractivity contribution is 0.124. The summed E-state index contributed by atoms with van der Waals surface area (Å²) < 4.78 is 0. The van der Waals surface area contributed by atoms with E-state index in [1.54, 1.807) is 0 Å². The van der Waals surface area contributed by atoms with Gasteiger partial charge in [0.15, 0.2) is 0 Å². The van der Waals surface area contributed by atoms with Crippen LogP contribution < -0.4 is 11.1 Å². The SMILES string of the molecule is CCN(CC)C(=O)N[C@H]1C[C@@H]2c3c(N)ccc4[nH]cc(c34)C[C@H]2N(C)C1. The molecule has 2 amide bonds. The Balaban J connectivity index is 1.64. The Hall–Kier alpha value is -2.21. The molecule has 4 N–H and O–H groups in total. The van der Waals surface area contributed by atoms with E-state index in [9.17, 15) is 4.79 Å². The number of nitrogens with one attached hydrogen (secondary N) is 2. The van der Waals surface area contributed by atoms with Crippen molar-refractivity contribution in [3.05, 3.63) is 29.5 Å². The molecule has 1 saturated heterocycles. The number of benzene rings is 1. The maximum absolute atomic E-state index is 12.5. The van der Waals surface area contributed by atoms with Gasteiger partial charge >= 0.3 is 6.03 Å². The number of H-pyrrole nitrogens is 1. The molecule has 0 saturated carbocycles. The fourth-order valence-electron chi connectivity index (χ4n) is 4.94. The Labute approximate surface area is 154 Å². The van der Waals surface area contributed by atoms with Gasteiger partial charge in [-0.3, -0.25) is 0 Å². The molecule has 1 aliphatic carbocycles. The molecule has 3 atom stereocenters. The number of piperidine rings is 1. The molecule has 1 fully saturated rings. The first-order chi connectivity index (χ1) is 12.5. The van der Waals surface area contributed by atoms with Gasteiger partial charge in [-0.2, -0.15) is 0 Å². The van der Waals surface area contributed by atoms with E-state index in [4.69, 9.17) is 5.73 Å². The van der Waals surface area contributed by atoms with Gasteiger partial charge in [-0.1, -0.05) is 0 Å². The predicted molar refractivity (Wildman–Crippen MR) is 105 cm³/mol. The number of hydrogen-bond acceptors (Lipinski definition) is 3. The van der Waals surface area contributed by atoms with Crippen LogP contribution in [0, 0.1) is 0 Å². The van der Waals surface area contributed by atoms with Crippen molar-refractivity contribution in [1.29, 1.82) is 0 Å². The third-order valence-corrected chi connectivity index (χ3v) is 6.26. The molecule has 2 aliphatic rings. The van der Waals surface area contributed by atoms with Crippen LogP contribution in [0.5, 0.6) is 0 Å². The van der Waals surface area contributed by atoms with Crippen LogP contribution in [0.4, 0.5) is 10.5 Å². The van der Waals surface area contributed by atoms with Crippen LogP contribution >= 0.6 is 0 Å². The van der Waals surface area contributed by atoms with E-state index in [0.717, 1.165) is 38.2 Å². The van der Waals surface area contributed by atoms with E-state index in [1.807, 2.05) is 24.8 Å². The van der Waals surface area contributed by atoms with E-state index in [2.05, 4.69) is 34.5 Å². The van der Waals surface area contributed by atoms with Crippen LogP contribution in [0.1, 0.15) is 37.3 Å². The Morgan fingerprint density at radius 1 is 1.38 bits per heavy atom. The number of nitrogens with zero attached hydrogens (tertiary/aromatic N) is 2. The number of urea groups is 1. The first-order valence-electron chi connectivity index (χ1n) is 9.67. The van der Waals surface area contributed by atoms with Crippen molar-refractivity contribution in [3.8, 4) is 0 Å². The van der Waals surface area contributed by atoms with Gasteiger partial charge in [0.1, 0.15) is 0 Å². The first kappa shape index (κ1) is 17.2. The molecule has 140 valence electrons. The second-order valence-electron chi connectivity index (χ2n) is 7.68. The lowest BCUT2D eigenvalue weighted by atomic mass is 9.73. The second-order valence-corrected chi connectivity index (χ2v) is 7.68. The fraction of sp³-hybridized carbons (Fsp3) is 0.550. The lowest BCUT2D eigenvalue weighted by Gasteiger charge is -2.46. The predicted octanol–water partition coefficient (Wildman–Crippen LogP) is 2.51. The third-order valence-electron chi connectivity index (χ3n) is 6.26. The molecule has 1 aromatic carbocycles. The number of likely N-dealkylation sites (tertiary alicyclic amines) is 1. The zero-order valence-electron chi connectivity index (χ0n) is 15.9. The minimum absolute atomic E-state index is 0.0381. The van der Waals surface area contributed by atoms with Crippen molar-refractivity contribution in [3.63, 3.8) is 0 Å². The second kappa shape index (κ2) is 6.50. The van der Waals surface area contributed by atoms with Gasteiger partial charge in [0.05, 0.1) is 0 Å². The highest BCUT2D eigenvalue weighted by atomic mass is 16.2. The van der Waals surface area contributed by atoms with E-state index in [1.165, 1.54) is 22.0 Å². The topological polar surface area (TPSA) is 77.4 Å². The van der Waals surface area contributed by atoms with E-state index >= 15 is 0 Å². The standard InChI is InChI=1S/C20H29N5O/c1-4-25(5-2)20(26)23-13-9-14-17(24(3)11-13)8-12-10-22-16-7-6-15(21)19(14)18(12)16/h6-7,10,13-14,17,22H,4-5,8-9,11,21H2,1-3H3,(H,23,26)/t13-,14-,17+/m0/s1. The number of rotatable bonds is 3. The average molecular weight is 355 g/mol. The normalized spacial score (nSPS) is 25.1. The highest BCUT2D eigenvalue weighted by Gasteiger charge is 2.41. The van der Waals surface area contributed by atoms with Crippen LogP contribution in [0.2, 0.25) is 0 Å². The summed E-state index contributed by atoms with van der Waals surface area (Å²) in [6.45, 7) is 6.37. The van der Waals surface area contributed by atoms with Crippen LogP contribution in [-0.2, 0) is 6.42 Å². The Kier molecular flexibility index (Phi) is 4.31. The molecule has 6 heteroatoms. The molecular formula is C20H29N5O. The van der Waals surface area contributed by atoms with Gasteiger partial charge in [-0.15, -0.1) is 0 Å². The maximum Gasteiger partial charge on any atom is 0.317 e. The summed E-state index contributed by atoms with van der Waals surface area (Å²) in [6, 6.07) is 4.70.